The number of carbonyl (C=O) groups excluding carboxylic acids is 2. The second-order valence-electron chi connectivity index (χ2n) is 4.79. The summed E-state index contributed by atoms with van der Waals surface area (Å²) in [7, 11) is 1.40. The SMILES string of the molecule is CNC(=O)C(NC(=O)C1CCOC1)c1ccc(F)c(F)c1. The van der Waals surface area contributed by atoms with Gasteiger partial charge in [0.25, 0.3) is 0 Å². The molecule has 7 heteroatoms. The summed E-state index contributed by atoms with van der Waals surface area (Å²) in [6.07, 6.45) is 0.573. The summed E-state index contributed by atoms with van der Waals surface area (Å²) in [6, 6.07) is 2.02. The monoisotopic (exact) mass is 298 g/mol. The van der Waals surface area contributed by atoms with Crippen LogP contribution in [0.2, 0.25) is 0 Å². The number of hydrogen-bond donors (Lipinski definition) is 2. The molecular weight excluding hydrogens is 282 g/mol. The van der Waals surface area contributed by atoms with Crippen molar-refractivity contribution in [1.82, 2.24) is 10.6 Å². The number of likely N-dealkylation sites (N-methyl/N-ethyl adjacent to an activating group) is 1. The fourth-order valence-corrected chi connectivity index (χ4v) is 2.14. The van der Waals surface area contributed by atoms with Gasteiger partial charge in [-0.2, -0.15) is 0 Å². The van der Waals surface area contributed by atoms with Gasteiger partial charge in [0, 0.05) is 13.7 Å². The zero-order valence-electron chi connectivity index (χ0n) is 11.5. The van der Waals surface area contributed by atoms with Crippen molar-refractivity contribution in [2.45, 2.75) is 12.5 Å². The Bertz CT molecular complexity index is 545. The minimum atomic E-state index is -1.07. The first-order valence-corrected chi connectivity index (χ1v) is 6.57. The van der Waals surface area contributed by atoms with Crippen molar-refractivity contribution in [2.24, 2.45) is 5.92 Å². The van der Waals surface area contributed by atoms with E-state index in [4.69, 9.17) is 4.74 Å². The van der Waals surface area contributed by atoms with E-state index in [1.807, 2.05) is 0 Å². The first-order chi connectivity index (χ1) is 10.0. The van der Waals surface area contributed by atoms with Crippen molar-refractivity contribution in [3.8, 4) is 0 Å². The highest BCUT2D eigenvalue weighted by molar-refractivity contribution is 5.89. The molecule has 1 fully saturated rings. The summed E-state index contributed by atoms with van der Waals surface area (Å²) in [4.78, 5) is 23.9. The van der Waals surface area contributed by atoms with Crippen molar-refractivity contribution in [2.75, 3.05) is 20.3 Å². The first kappa shape index (κ1) is 15.4. The molecule has 0 radical (unpaired) electrons. The van der Waals surface area contributed by atoms with Gasteiger partial charge in [-0.15, -0.1) is 0 Å². The minimum Gasteiger partial charge on any atom is -0.381 e. The molecule has 1 aromatic rings. The maximum Gasteiger partial charge on any atom is 0.246 e. The van der Waals surface area contributed by atoms with Gasteiger partial charge in [0.15, 0.2) is 11.6 Å². The van der Waals surface area contributed by atoms with E-state index < -0.39 is 23.6 Å². The van der Waals surface area contributed by atoms with Gasteiger partial charge < -0.3 is 15.4 Å². The number of carbonyl (C=O) groups is 2. The standard InChI is InChI=1S/C14H16F2N2O3/c1-17-14(20)12(8-2-3-10(15)11(16)6-8)18-13(19)9-4-5-21-7-9/h2-3,6,9,12H,4-5,7H2,1H3,(H,17,20)(H,18,19). The molecule has 0 spiro atoms. The average molecular weight is 298 g/mol. The predicted molar refractivity (Wildman–Crippen MR) is 70.2 cm³/mol. The molecule has 1 saturated heterocycles. The third kappa shape index (κ3) is 3.55. The van der Waals surface area contributed by atoms with E-state index in [1.165, 1.54) is 13.1 Å². The van der Waals surface area contributed by atoms with Gasteiger partial charge in [0.05, 0.1) is 12.5 Å². The van der Waals surface area contributed by atoms with Gasteiger partial charge in [-0.05, 0) is 24.1 Å². The van der Waals surface area contributed by atoms with Crippen LogP contribution in [0.25, 0.3) is 0 Å². The van der Waals surface area contributed by atoms with E-state index in [0.717, 1.165) is 12.1 Å². The summed E-state index contributed by atoms with van der Waals surface area (Å²) in [5.41, 5.74) is 0.181. The summed E-state index contributed by atoms with van der Waals surface area (Å²) in [6.45, 7) is 0.790. The molecule has 21 heavy (non-hydrogen) atoms. The highest BCUT2D eigenvalue weighted by Gasteiger charge is 2.29. The summed E-state index contributed by atoms with van der Waals surface area (Å²) >= 11 is 0. The van der Waals surface area contributed by atoms with Gasteiger partial charge in [0.2, 0.25) is 11.8 Å². The molecule has 0 saturated carbocycles. The molecule has 114 valence electrons. The third-order valence-corrected chi connectivity index (χ3v) is 3.37. The molecule has 5 nitrogen and oxygen atoms in total. The zero-order chi connectivity index (χ0) is 15.4. The molecule has 1 aliphatic heterocycles. The van der Waals surface area contributed by atoms with Gasteiger partial charge in [-0.25, -0.2) is 8.78 Å². The predicted octanol–water partition coefficient (Wildman–Crippen LogP) is 0.905. The summed E-state index contributed by atoms with van der Waals surface area (Å²) in [5.74, 6) is -3.26. The summed E-state index contributed by atoms with van der Waals surface area (Å²) < 4.78 is 31.4. The van der Waals surface area contributed by atoms with E-state index in [1.54, 1.807) is 0 Å². The number of hydrogen-bond acceptors (Lipinski definition) is 3. The van der Waals surface area contributed by atoms with Crippen LogP contribution < -0.4 is 10.6 Å². The average Bonchev–Trinajstić information content (AvgIpc) is 3.01. The number of nitrogens with one attached hydrogen (secondary N) is 2. The van der Waals surface area contributed by atoms with Crippen molar-refractivity contribution in [3.05, 3.63) is 35.4 Å². The molecule has 1 heterocycles. The van der Waals surface area contributed by atoms with E-state index in [9.17, 15) is 18.4 Å². The van der Waals surface area contributed by atoms with Crippen molar-refractivity contribution < 1.29 is 23.1 Å². The molecule has 2 atom stereocenters. The fraction of sp³-hybridized carbons (Fsp3) is 0.429. The van der Waals surface area contributed by atoms with Crippen LogP contribution in [0.1, 0.15) is 18.0 Å². The second kappa shape index (κ2) is 6.62. The molecule has 2 N–H and O–H groups in total. The number of benzene rings is 1. The number of ether oxygens (including phenoxy) is 1. The van der Waals surface area contributed by atoms with Crippen LogP contribution in [0.5, 0.6) is 0 Å². The summed E-state index contributed by atoms with van der Waals surface area (Å²) in [5, 5.41) is 4.94. The van der Waals surface area contributed by atoms with Crippen LogP contribution in [0.4, 0.5) is 8.78 Å². The van der Waals surface area contributed by atoms with Crippen LogP contribution in [0.3, 0.4) is 0 Å². The smallest absolute Gasteiger partial charge is 0.246 e. The Kier molecular flexibility index (Phi) is 4.85. The van der Waals surface area contributed by atoms with Crippen molar-refractivity contribution in [1.29, 1.82) is 0 Å². The second-order valence-corrected chi connectivity index (χ2v) is 4.79. The fourth-order valence-electron chi connectivity index (χ4n) is 2.14. The quantitative estimate of drug-likeness (QED) is 0.868. The van der Waals surface area contributed by atoms with E-state index in [2.05, 4.69) is 10.6 Å². The molecule has 0 aliphatic carbocycles. The molecular formula is C14H16F2N2O3. The number of amides is 2. The highest BCUT2D eigenvalue weighted by Crippen LogP contribution is 2.19. The highest BCUT2D eigenvalue weighted by atomic mass is 19.2. The van der Waals surface area contributed by atoms with E-state index >= 15 is 0 Å². The zero-order valence-corrected chi connectivity index (χ0v) is 11.5. The molecule has 2 rings (SSSR count). The Balaban J connectivity index is 2.19. The lowest BCUT2D eigenvalue weighted by Crippen LogP contribution is -2.41. The van der Waals surface area contributed by atoms with Crippen LogP contribution in [-0.4, -0.2) is 32.1 Å². The lowest BCUT2D eigenvalue weighted by Gasteiger charge is -2.19. The molecule has 0 aromatic heterocycles. The Hall–Kier alpha value is -2.02. The number of rotatable bonds is 4. The van der Waals surface area contributed by atoms with Crippen molar-refractivity contribution in [3.63, 3.8) is 0 Å². The van der Waals surface area contributed by atoms with E-state index in [0.29, 0.717) is 19.6 Å². The minimum absolute atomic E-state index is 0.181. The maximum atomic E-state index is 13.3. The van der Waals surface area contributed by atoms with Crippen LogP contribution in [0.15, 0.2) is 18.2 Å². The van der Waals surface area contributed by atoms with Crippen molar-refractivity contribution >= 4 is 11.8 Å². The topological polar surface area (TPSA) is 67.4 Å². The Labute approximate surface area is 120 Å². The van der Waals surface area contributed by atoms with Gasteiger partial charge >= 0.3 is 0 Å². The Morgan fingerprint density at radius 1 is 1.33 bits per heavy atom. The normalized spacial score (nSPS) is 19.1. The largest absolute Gasteiger partial charge is 0.381 e. The van der Waals surface area contributed by atoms with Crippen LogP contribution >= 0.6 is 0 Å². The first-order valence-electron chi connectivity index (χ1n) is 6.57. The van der Waals surface area contributed by atoms with Gasteiger partial charge in [0.1, 0.15) is 6.04 Å². The Morgan fingerprint density at radius 3 is 2.67 bits per heavy atom. The molecule has 1 aliphatic rings. The van der Waals surface area contributed by atoms with Gasteiger partial charge in [-0.1, -0.05) is 6.07 Å². The van der Waals surface area contributed by atoms with Crippen LogP contribution in [-0.2, 0) is 14.3 Å². The molecule has 2 amide bonds. The maximum absolute atomic E-state index is 13.3. The van der Waals surface area contributed by atoms with Crippen LogP contribution in [0, 0.1) is 17.6 Å². The lowest BCUT2D eigenvalue weighted by atomic mass is 10.0. The third-order valence-electron chi connectivity index (χ3n) is 3.37. The van der Waals surface area contributed by atoms with Gasteiger partial charge in [-0.3, -0.25) is 9.59 Å². The number of halogens is 2. The molecule has 2 unspecified atom stereocenters. The molecule has 0 bridgehead atoms. The molecule has 1 aromatic carbocycles. The Morgan fingerprint density at radius 2 is 2.10 bits per heavy atom. The lowest BCUT2D eigenvalue weighted by molar-refractivity contribution is -0.131. The van der Waals surface area contributed by atoms with E-state index in [-0.39, 0.29) is 17.4 Å².